The molecule has 0 saturated heterocycles. The van der Waals surface area contributed by atoms with E-state index in [-0.39, 0.29) is 5.41 Å². The average molecular weight is 746 g/mol. The van der Waals surface area contributed by atoms with Gasteiger partial charge in [0.25, 0.3) is 0 Å². The van der Waals surface area contributed by atoms with Crippen LogP contribution < -0.4 is 4.90 Å². The van der Waals surface area contributed by atoms with E-state index in [1.807, 2.05) is 11.3 Å². The van der Waals surface area contributed by atoms with Gasteiger partial charge < -0.3 is 4.90 Å². The number of anilines is 3. The lowest BCUT2D eigenvalue weighted by atomic mass is 9.68. The van der Waals surface area contributed by atoms with Crippen LogP contribution in [0.3, 0.4) is 0 Å². The zero-order valence-corrected chi connectivity index (χ0v) is 34.0. The molecule has 8 aromatic rings. The normalized spacial score (nSPS) is 18.8. The van der Waals surface area contributed by atoms with Crippen LogP contribution in [0, 0.1) is 24.7 Å². The van der Waals surface area contributed by atoms with Gasteiger partial charge in [-0.3, -0.25) is 0 Å². The Balaban J connectivity index is 1.11. The minimum atomic E-state index is -0.136. The van der Waals surface area contributed by atoms with Crippen LogP contribution in [0.25, 0.3) is 42.1 Å². The van der Waals surface area contributed by atoms with Crippen LogP contribution in [0.15, 0.2) is 152 Å². The number of hydrogen-bond acceptors (Lipinski definition) is 2. The molecule has 2 fully saturated rings. The second kappa shape index (κ2) is 14.1. The van der Waals surface area contributed by atoms with Gasteiger partial charge in [-0.25, -0.2) is 0 Å². The summed E-state index contributed by atoms with van der Waals surface area (Å²) < 4.78 is 2.69. The van der Waals surface area contributed by atoms with Crippen molar-refractivity contribution in [1.29, 1.82) is 0 Å². The van der Waals surface area contributed by atoms with Gasteiger partial charge in [-0.2, -0.15) is 0 Å². The maximum absolute atomic E-state index is 2.58. The third kappa shape index (κ3) is 6.14. The molecule has 0 spiro atoms. The molecular weight excluding hydrogens is 695 g/mol. The summed E-state index contributed by atoms with van der Waals surface area (Å²) in [6.07, 6.45) is 7.05. The standard InChI is InChI=1S/C54H51NS/c1-35-12-5-9-17-49(35)54(3,4)50-29-27-44(34-48(50)36(2)42-31-37-20-21-38(30-37)32-42)55(51-18-11-14-40-13-6-7-15-45(40)51)43-25-22-39(23-26-43)41-24-28-47-46-16-8-10-19-52(46)56-53(47)33-41/h5-19,22-29,33-34,36-38,42H,20-21,30-32H2,1-4H3/t36-,37-,38+,42+/m0/s1. The average Bonchev–Trinajstić information content (AvgIpc) is 3.78. The molecular formula is C54H51NS. The molecule has 1 nitrogen and oxygen atoms in total. The van der Waals surface area contributed by atoms with Crippen LogP contribution in [0.4, 0.5) is 17.1 Å². The van der Waals surface area contributed by atoms with Gasteiger partial charge in [0, 0.05) is 42.3 Å². The van der Waals surface area contributed by atoms with Crippen molar-refractivity contribution in [3.63, 3.8) is 0 Å². The summed E-state index contributed by atoms with van der Waals surface area (Å²) in [7, 11) is 0. The Morgan fingerprint density at radius 3 is 2.04 bits per heavy atom. The molecule has 2 heteroatoms. The fourth-order valence-corrected chi connectivity index (χ4v) is 12.0. The highest BCUT2D eigenvalue weighted by Gasteiger charge is 2.38. The van der Waals surface area contributed by atoms with Crippen molar-refractivity contribution in [2.75, 3.05) is 4.90 Å². The molecule has 4 atom stereocenters. The maximum atomic E-state index is 2.58. The Bertz CT molecular complexity index is 2700. The summed E-state index contributed by atoms with van der Waals surface area (Å²) in [5.74, 6) is 2.99. The summed E-state index contributed by atoms with van der Waals surface area (Å²) in [5, 5.41) is 5.20. The Morgan fingerprint density at radius 2 is 1.23 bits per heavy atom. The number of thiophene rings is 1. The summed E-state index contributed by atoms with van der Waals surface area (Å²) >= 11 is 1.89. The zero-order valence-electron chi connectivity index (χ0n) is 33.1. The van der Waals surface area contributed by atoms with E-state index in [1.54, 1.807) is 0 Å². The van der Waals surface area contributed by atoms with Gasteiger partial charge in [-0.15, -0.1) is 11.3 Å². The summed E-state index contributed by atoms with van der Waals surface area (Å²) in [6, 6.07) is 57.1. The molecule has 56 heavy (non-hydrogen) atoms. The molecule has 0 amide bonds. The SMILES string of the molecule is Cc1ccccc1C(C)(C)c1ccc(N(c2ccc(-c3ccc4c(c3)sc3ccccc34)cc2)c2cccc3ccccc23)cc1[C@@H](C)[C@H]1C[C@@H]2CC[C@@H](C2)C1. The highest BCUT2D eigenvalue weighted by atomic mass is 32.1. The van der Waals surface area contributed by atoms with E-state index in [2.05, 4.69) is 184 Å². The van der Waals surface area contributed by atoms with Gasteiger partial charge in [0.15, 0.2) is 0 Å². The second-order valence-corrected chi connectivity index (χ2v) is 18.6. The lowest BCUT2D eigenvalue weighted by Crippen LogP contribution is -2.26. The minimum absolute atomic E-state index is 0.136. The molecule has 1 aromatic heterocycles. The molecule has 2 bridgehead atoms. The van der Waals surface area contributed by atoms with Crippen molar-refractivity contribution in [3.05, 3.63) is 174 Å². The molecule has 0 N–H and O–H groups in total. The predicted octanol–water partition coefficient (Wildman–Crippen LogP) is 15.9. The number of hydrogen-bond donors (Lipinski definition) is 0. The van der Waals surface area contributed by atoms with E-state index < -0.39 is 0 Å². The number of fused-ring (bicyclic) bond motifs is 6. The van der Waals surface area contributed by atoms with Crippen molar-refractivity contribution in [2.45, 2.75) is 71.1 Å². The van der Waals surface area contributed by atoms with Crippen LogP contribution in [-0.2, 0) is 5.41 Å². The van der Waals surface area contributed by atoms with E-state index in [4.69, 9.17) is 0 Å². The Kier molecular flexibility index (Phi) is 8.87. The molecule has 278 valence electrons. The first-order valence-electron chi connectivity index (χ1n) is 20.8. The smallest absolute Gasteiger partial charge is 0.0540 e. The van der Waals surface area contributed by atoms with Crippen molar-refractivity contribution < 1.29 is 0 Å². The maximum Gasteiger partial charge on any atom is 0.0540 e. The molecule has 0 radical (unpaired) electrons. The van der Waals surface area contributed by atoms with Gasteiger partial charge >= 0.3 is 0 Å². The molecule has 2 aliphatic carbocycles. The predicted molar refractivity (Wildman–Crippen MR) is 242 cm³/mol. The topological polar surface area (TPSA) is 3.24 Å². The third-order valence-electron chi connectivity index (χ3n) is 13.7. The minimum Gasteiger partial charge on any atom is -0.310 e. The van der Waals surface area contributed by atoms with Crippen LogP contribution in [0.5, 0.6) is 0 Å². The van der Waals surface area contributed by atoms with Gasteiger partial charge in [-0.05, 0) is 131 Å². The fraction of sp³-hybridized carbons (Fsp3) is 0.259. The second-order valence-electron chi connectivity index (χ2n) is 17.5. The van der Waals surface area contributed by atoms with Crippen molar-refractivity contribution in [2.24, 2.45) is 17.8 Å². The molecule has 10 rings (SSSR count). The van der Waals surface area contributed by atoms with Crippen LogP contribution >= 0.6 is 11.3 Å². The molecule has 2 saturated carbocycles. The fourth-order valence-electron chi connectivity index (χ4n) is 10.8. The molecule has 7 aromatic carbocycles. The highest BCUT2D eigenvalue weighted by molar-refractivity contribution is 7.25. The van der Waals surface area contributed by atoms with E-state index in [0.29, 0.717) is 11.8 Å². The third-order valence-corrected chi connectivity index (χ3v) is 14.9. The number of benzene rings is 7. The first-order chi connectivity index (χ1) is 27.3. The van der Waals surface area contributed by atoms with Gasteiger partial charge in [0.1, 0.15) is 0 Å². The first kappa shape index (κ1) is 35.2. The van der Waals surface area contributed by atoms with Crippen molar-refractivity contribution in [1.82, 2.24) is 0 Å². The summed E-state index contributed by atoms with van der Waals surface area (Å²) in [4.78, 5) is 2.52. The molecule has 0 unspecified atom stereocenters. The summed E-state index contributed by atoms with van der Waals surface area (Å²) in [5.41, 5.74) is 11.7. The van der Waals surface area contributed by atoms with E-state index in [0.717, 1.165) is 11.8 Å². The first-order valence-corrected chi connectivity index (χ1v) is 21.6. The zero-order chi connectivity index (χ0) is 38.0. The van der Waals surface area contributed by atoms with E-state index in [9.17, 15) is 0 Å². The monoisotopic (exact) mass is 745 g/mol. The Morgan fingerprint density at radius 1 is 0.571 bits per heavy atom. The van der Waals surface area contributed by atoms with Crippen molar-refractivity contribution >= 4 is 59.3 Å². The Labute approximate surface area is 336 Å². The largest absolute Gasteiger partial charge is 0.310 e. The van der Waals surface area contributed by atoms with Crippen LogP contribution in [0.2, 0.25) is 0 Å². The highest BCUT2D eigenvalue weighted by Crippen LogP contribution is 2.51. The molecule has 1 heterocycles. The van der Waals surface area contributed by atoms with Gasteiger partial charge in [-0.1, -0.05) is 143 Å². The molecule has 2 aliphatic rings. The lowest BCUT2D eigenvalue weighted by Gasteiger charge is -2.38. The van der Waals surface area contributed by atoms with Crippen molar-refractivity contribution in [3.8, 4) is 11.1 Å². The Hall–Kier alpha value is -5.18. The van der Waals surface area contributed by atoms with E-state index >= 15 is 0 Å². The van der Waals surface area contributed by atoms with Crippen LogP contribution in [0.1, 0.15) is 81.0 Å². The summed E-state index contributed by atoms with van der Waals surface area (Å²) in [6.45, 7) is 9.72. The van der Waals surface area contributed by atoms with E-state index in [1.165, 1.54) is 113 Å². The molecule has 0 aliphatic heterocycles. The van der Waals surface area contributed by atoms with Gasteiger partial charge in [0.05, 0.1) is 5.69 Å². The number of rotatable bonds is 8. The number of aryl methyl sites for hydroxylation is 1. The van der Waals surface area contributed by atoms with Crippen LogP contribution in [-0.4, -0.2) is 0 Å². The quantitative estimate of drug-likeness (QED) is 0.150. The van der Waals surface area contributed by atoms with Gasteiger partial charge in [0.2, 0.25) is 0 Å². The number of nitrogens with zero attached hydrogens (tertiary/aromatic N) is 1. The lowest BCUT2D eigenvalue weighted by molar-refractivity contribution is 0.233.